The summed E-state index contributed by atoms with van der Waals surface area (Å²) in [5.74, 6) is 0.579. The topological polar surface area (TPSA) is 43.8 Å². The SMILES string of the molecule is NCc1nccn1-c1ccc(C(F)(F)F)cc1Br. The van der Waals surface area contributed by atoms with E-state index in [-0.39, 0.29) is 6.54 Å². The molecule has 0 unspecified atom stereocenters. The van der Waals surface area contributed by atoms with Gasteiger partial charge in [-0.3, -0.25) is 0 Å². The second-order valence-electron chi connectivity index (χ2n) is 3.58. The Balaban J connectivity index is 2.48. The average Bonchev–Trinajstić information content (AvgIpc) is 2.75. The molecule has 0 saturated heterocycles. The highest BCUT2D eigenvalue weighted by Crippen LogP contribution is 2.33. The summed E-state index contributed by atoms with van der Waals surface area (Å²) in [5, 5.41) is 0. The van der Waals surface area contributed by atoms with Crippen molar-refractivity contribution in [1.82, 2.24) is 9.55 Å². The van der Waals surface area contributed by atoms with Gasteiger partial charge in [0.2, 0.25) is 0 Å². The van der Waals surface area contributed by atoms with Crippen molar-refractivity contribution in [3.05, 3.63) is 46.5 Å². The number of aromatic nitrogens is 2. The van der Waals surface area contributed by atoms with Crippen LogP contribution in [0.15, 0.2) is 35.1 Å². The highest BCUT2D eigenvalue weighted by atomic mass is 79.9. The van der Waals surface area contributed by atoms with E-state index in [9.17, 15) is 13.2 Å². The normalized spacial score (nSPS) is 11.8. The van der Waals surface area contributed by atoms with E-state index in [2.05, 4.69) is 20.9 Å². The molecule has 0 aliphatic heterocycles. The van der Waals surface area contributed by atoms with Gasteiger partial charge in [0.1, 0.15) is 5.82 Å². The standard InChI is InChI=1S/C11H9BrF3N3/c12-8-5-7(11(13,14)15)1-2-9(8)18-4-3-17-10(18)6-16/h1-5H,6,16H2. The van der Waals surface area contributed by atoms with Crippen molar-refractivity contribution in [2.24, 2.45) is 5.73 Å². The van der Waals surface area contributed by atoms with Gasteiger partial charge in [0.05, 0.1) is 17.8 Å². The van der Waals surface area contributed by atoms with Crippen LogP contribution in [-0.4, -0.2) is 9.55 Å². The molecule has 0 bridgehead atoms. The molecule has 2 rings (SSSR count). The minimum atomic E-state index is -4.35. The lowest BCUT2D eigenvalue weighted by Gasteiger charge is -2.12. The first-order chi connectivity index (χ1) is 8.43. The maximum atomic E-state index is 12.5. The summed E-state index contributed by atoms with van der Waals surface area (Å²) >= 11 is 3.13. The van der Waals surface area contributed by atoms with Gasteiger partial charge in [0.25, 0.3) is 0 Å². The van der Waals surface area contributed by atoms with Crippen LogP contribution in [0.4, 0.5) is 13.2 Å². The minimum absolute atomic E-state index is 0.209. The third-order valence-corrected chi connectivity index (χ3v) is 3.07. The lowest BCUT2D eigenvalue weighted by molar-refractivity contribution is -0.137. The van der Waals surface area contributed by atoms with E-state index in [0.717, 1.165) is 12.1 Å². The Kier molecular flexibility index (Phi) is 3.45. The van der Waals surface area contributed by atoms with E-state index in [4.69, 9.17) is 5.73 Å². The van der Waals surface area contributed by atoms with Crippen LogP contribution in [0.3, 0.4) is 0 Å². The Morgan fingerprint density at radius 3 is 2.61 bits per heavy atom. The fourth-order valence-corrected chi connectivity index (χ4v) is 2.15. The number of nitrogens with two attached hydrogens (primary N) is 1. The first kappa shape index (κ1) is 13.1. The molecule has 2 N–H and O–H groups in total. The number of alkyl halides is 3. The predicted molar refractivity (Wildman–Crippen MR) is 64.2 cm³/mol. The zero-order valence-corrected chi connectivity index (χ0v) is 10.7. The summed E-state index contributed by atoms with van der Waals surface area (Å²) in [5.41, 5.74) is 5.37. The molecule has 0 atom stereocenters. The van der Waals surface area contributed by atoms with Crippen molar-refractivity contribution in [3.63, 3.8) is 0 Å². The quantitative estimate of drug-likeness (QED) is 0.924. The largest absolute Gasteiger partial charge is 0.416 e. The van der Waals surface area contributed by atoms with Gasteiger partial charge in [-0.15, -0.1) is 0 Å². The molecular formula is C11H9BrF3N3. The third kappa shape index (κ3) is 2.41. The van der Waals surface area contributed by atoms with Gasteiger partial charge >= 0.3 is 6.18 Å². The smallest absolute Gasteiger partial charge is 0.324 e. The first-order valence-corrected chi connectivity index (χ1v) is 5.82. The zero-order chi connectivity index (χ0) is 13.3. The van der Waals surface area contributed by atoms with E-state index in [0.29, 0.717) is 16.0 Å². The second kappa shape index (κ2) is 4.74. The van der Waals surface area contributed by atoms with Gasteiger partial charge in [-0.25, -0.2) is 4.98 Å². The molecule has 7 heteroatoms. The summed E-state index contributed by atoms with van der Waals surface area (Å²) in [6.07, 6.45) is -1.16. The monoisotopic (exact) mass is 319 g/mol. The molecule has 96 valence electrons. The molecule has 1 heterocycles. The highest BCUT2D eigenvalue weighted by Gasteiger charge is 2.30. The molecule has 0 aliphatic carbocycles. The zero-order valence-electron chi connectivity index (χ0n) is 9.08. The number of benzene rings is 1. The molecule has 3 nitrogen and oxygen atoms in total. The van der Waals surface area contributed by atoms with Crippen LogP contribution < -0.4 is 5.73 Å². The first-order valence-electron chi connectivity index (χ1n) is 5.03. The number of rotatable bonds is 2. The van der Waals surface area contributed by atoms with Crippen LogP contribution >= 0.6 is 15.9 Å². The Morgan fingerprint density at radius 2 is 2.06 bits per heavy atom. The molecule has 0 fully saturated rings. The highest BCUT2D eigenvalue weighted by molar-refractivity contribution is 9.10. The van der Waals surface area contributed by atoms with E-state index in [1.807, 2.05) is 0 Å². The maximum absolute atomic E-state index is 12.5. The Bertz CT molecular complexity index is 563. The fraction of sp³-hybridized carbons (Fsp3) is 0.182. The van der Waals surface area contributed by atoms with Gasteiger partial charge in [0.15, 0.2) is 0 Å². The number of imidazole rings is 1. The fourth-order valence-electron chi connectivity index (χ4n) is 1.58. The number of hydrogen-bond donors (Lipinski definition) is 1. The average molecular weight is 320 g/mol. The third-order valence-electron chi connectivity index (χ3n) is 2.43. The summed E-state index contributed by atoms with van der Waals surface area (Å²) < 4.78 is 39.6. The van der Waals surface area contributed by atoms with Gasteiger partial charge < -0.3 is 10.3 Å². The molecule has 2 aromatic rings. The van der Waals surface area contributed by atoms with Crippen molar-refractivity contribution in [2.75, 3.05) is 0 Å². The summed E-state index contributed by atoms with van der Waals surface area (Å²) in [7, 11) is 0. The van der Waals surface area contributed by atoms with Crippen molar-refractivity contribution in [3.8, 4) is 5.69 Å². The van der Waals surface area contributed by atoms with Crippen molar-refractivity contribution < 1.29 is 13.2 Å². The molecule has 0 radical (unpaired) electrons. The van der Waals surface area contributed by atoms with Crippen LogP contribution in [0.1, 0.15) is 11.4 Å². The van der Waals surface area contributed by atoms with Crippen molar-refractivity contribution in [1.29, 1.82) is 0 Å². The summed E-state index contributed by atoms with van der Waals surface area (Å²) in [4.78, 5) is 4.02. The second-order valence-corrected chi connectivity index (χ2v) is 4.44. The van der Waals surface area contributed by atoms with Crippen LogP contribution in [0, 0.1) is 0 Å². The molecule has 18 heavy (non-hydrogen) atoms. The van der Waals surface area contributed by atoms with Crippen LogP contribution in [0.2, 0.25) is 0 Å². The summed E-state index contributed by atoms with van der Waals surface area (Å²) in [6, 6.07) is 3.45. The van der Waals surface area contributed by atoms with Gasteiger partial charge in [0, 0.05) is 16.9 Å². The van der Waals surface area contributed by atoms with E-state index < -0.39 is 11.7 Å². The molecular weight excluding hydrogens is 311 g/mol. The van der Waals surface area contributed by atoms with E-state index >= 15 is 0 Å². The molecule has 0 spiro atoms. The van der Waals surface area contributed by atoms with Crippen molar-refractivity contribution in [2.45, 2.75) is 12.7 Å². The van der Waals surface area contributed by atoms with Crippen LogP contribution in [0.5, 0.6) is 0 Å². The van der Waals surface area contributed by atoms with Crippen LogP contribution in [-0.2, 0) is 12.7 Å². The Labute approximate surface area is 110 Å². The number of hydrogen-bond acceptors (Lipinski definition) is 2. The molecule has 1 aromatic carbocycles. The predicted octanol–water partition coefficient (Wildman–Crippen LogP) is 3.11. The lowest BCUT2D eigenvalue weighted by atomic mass is 10.2. The molecule has 0 amide bonds. The molecule has 1 aromatic heterocycles. The van der Waals surface area contributed by atoms with Gasteiger partial charge in [-0.1, -0.05) is 0 Å². The minimum Gasteiger partial charge on any atom is -0.324 e. The summed E-state index contributed by atoms with van der Waals surface area (Å²) in [6.45, 7) is 0.209. The Morgan fingerprint density at radius 1 is 1.33 bits per heavy atom. The number of nitrogens with zero attached hydrogens (tertiary/aromatic N) is 2. The van der Waals surface area contributed by atoms with E-state index in [1.54, 1.807) is 17.0 Å². The Hall–Kier alpha value is -1.34. The van der Waals surface area contributed by atoms with E-state index in [1.165, 1.54) is 6.07 Å². The molecule has 0 saturated carbocycles. The van der Waals surface area contributed by atoms with Gasteiger partial charge in [-0.05, 0) is 34.1 Å². The maximum Gasteiger partial charge on any atom is 0.416 e. The van der Waals surface area contributed by atoms with Crippen molar-refractivity contribution >= 4 is 15.9 Å². The lowest BCUT2D eigenvalue weighted by Crippen LogP contribution is -2.08. The van der Waals surface area contributed by atoms with Gasteiger partial charge in [-0.2, -0.15) is 13.2 Å². The number of halogens is 4. The molecule has 0 aliphatic rings. The van der Waals surface area contributed by atoms with Crippen LogP contribution in [0.25, 0.3) is 5.69 Å².